The lowest BCUT2D eigenvalue weighted by Crippen LogP contribution is -2.22. The van der Waals surface area contributed by atoms with Crippen molar-refractivity contribution in [2.24, 2.45) is 0 Å². The highest BCUT2D eigenvalue weighted by atomic mass is 32.1. The molecule has 1 atom stereocenters. The average Bonchev–Trinajstić information content (AvgIpc) is 2.83. The van der Waals surface area contributed by atoms with Crippen molar-refractivity contribution in [3.63, 3.8) is 0 Å². The number of carbonyl (C=O) groups excluding carboxylic acids is 1. The Hall–Kier alpha value is -1.88. The number of nitrogens with zero attached hydrogens (tertiary/aromatic N) is 2. The number of anilines is 2. The first-order chi connectivity index (χ1) is 8.99. The van der Waals surface area contributed by atoms with Gasteiger partial charge in [0.15, 0.2) is 5.13 Å². The predicted molar refractivity (Wildman–Crippen MR) is 78.5 cm³/mol. The number of benzene rings is 1. The number of hydrogen-bond acceptors (Lipinski definition) is 4. The van der Waals surface area contributed by atoms with Gasteiger partial charge in [-0.3, -0.25) is 4.79 Å². The molecule has 1 aliphatic heterocycles. The number of thiazole rings is 1. The third-order valence-electron chi connectivity index (χ3n) is 3.64. The second-order valence-electron chi connectivity index (χ2n) is 4.85. The minimum Gasteiger partial charge on any atom is -0.375 e. The summed E-state index contributed by atoms with van der Waals surface area (Å²) in [6, 6.07) is 6.05. The fourth-order valence-electron chi connectivity index (χ4n) is 2.58. The van der Waals surface area contributed by atoms with Gasteiger partial charge in [-0.2, -0.15) is 0 Å². The first-order valence-corrected chi connectivity index (χ1v) is 6.95. The average molecular weight is 273 g/mol. The Morgan fingerprint density at radius 3 is 2.79 bits per heavy atom. The molecule has 2 N–H and O–H groups in total. The highest BCUT2D eigenvalue weighted by Crippen LogP contribution is 2.39. The molecule has 1 aromatic heterocycles. The van der Waals surface area contributed by atoms with Crippen molar-refractivity contribution < 1.29 is 4.79 Å². The molecule has 98 valence electrons. The van der Waals surface area contributed by atoms with Crippen LogP contribution >= 0.6 is 11.3 Å². The fourth-order valence-corrected chi connectivity index (χ4v) is 3.29. The summed E-state index contributed by atoms with van der Waals surface area (Å²) in [5.41, 5.74) is 9.74. The van der Waals surface area contributed by atoms with E-state index in [1.807, 2.05) is 33.0 Å². The lowest BCUT2D eigenvalue weighted by atomic mass is 9.99. The molecule has 0 saturated heterocycles. The van der Waals surface area contributed by atoms with E-state index in [0.717, 1.165) is 27.4 Å². The Bertz CT molecular complexity index is 677. The van der Waals surface area contributed by atoms with Gasteiger partial charge in [0.05, 0.1) is 11.6 Å². The lowest BCUT2D eigenvalue weighted by Gasteiger charge is -2.10. The van der Waals surface area contributed by atoms with Crippen LogP contribution in [0.3, 0.4) is 0 Å². The van der Waals surface area contributed by atoms with E-state index in [1.54, 1.807) is 4.90 Å². The molecule has 3 rings (SSSR count). The molecule has 0 saturated carbocycles. The van der Waals surface area contributed by atoms with Crippen molar-refractivity contribution in [3.05, 3.63) is 28.6 Å². The number of nitrogens with two attached hydrogens (primary N) is 1. The SMILES string of the molecule is Cc1sc(N)nc1-c1ccc2c(c1)C(C)C(=O)N2C. The first kappa shape index (κ1) is 12.2. The highest BCUT2D eigenvalue weighted by Gasteiger charge is 2.31. The number of nitrogen functional groups attached to an aromatic ring is 1. The Labute approximate surface area is 115 Å². The zero-order chi connectivity index (χ0) is 13.7. The van der Waals surface area contributed by atoms with Crippen LogP contribution in [0, 0.1) is 6.92 Å². The van der Waals surface area contributed by atoms with Crippen LogP contribution in [0.2, 0.25) is 0 Å². The van der Waals surface area contributed by atoms with Gasteiger partial charge < -0.3 is 10.6 Å². The monoisotopic (exact) mass is 273 g/mol. The van der Waals surface area contributed by atoms with Crippen molar-refractivity contribution in [1.82, 2.24) is 4.98 Å². The van der Waals surface area contributed by atoms with Gasteiger partial charge in [-0.15, -0.1) is 11.3 Å². The molecule has 0 radical (unpaired) electrons. The molecular weight excluding hydrogens is 258 g/mol. The Balaban J connectivity index is 2.13. The van der Waals surface area contributed by atoms with E-state index in [1.165, 1.54) is 11.3 Å². The van der Waals surface area contributed by atoms with Crippen LogP contribution in [-0.4, -0.2) is 17.9 Å². The van der Waals surface area contributed by atoms with Gasteiger partial charge in [-0.25, -0.2) is 4.98 Å². The molecule has 0 aliphatic carbocycles. The Morgan fingerprint density at radius 2 is 2.16 bits per heavy atom. The van der Waals surface area contributed by atoms with Crippen LogP contribution < -0.4 is 10.6 Å². The van der Waals surface area contributed by atoms with Crippen LogP contribution in [0.5, 0.6) is 0 Å². The third kappa shape index (κ3) is 1.73. The second kappa shape index (κ2) is 4.06. The Kier molecular flexibility index (Phi) is 2.60. The number of likely N-dealkylation sites (N-methyl/N-ethyl adjacent to an activating group) is 1. The van der Waals surface area contributed by atoms with E-state index in [0.29, 0.717) is 5.13 Å². The largest absolute Gasteiger partial charge is 0.375 e. The number of hydrogen-bond donors (Lipinski definition) is 1. The third-order valence-corrected chi connectivity index (χ3v) is 4.44. The van der Waals surface area contributed by atoms with E-state index in [-0.39, 0.29) is 11.8 Å². The standard InChI is InChI=1S/C14H15N3OS/c1-7-10-6-9(12-8(2)19-14(15)16-12)4-5-11(10)17(3)13(7)18/h4-7H,1-3H3,(H2,15,16). The second-order valence-corrected chi connectivity index (χ2v) is 6.08. The topological polar surface area (TPSA) is 59.2 Å². The van der Waals surface area contributed by atoms with E-state index >= 15 is 0 Å². The highest BCUT2D eigenvalue weighted by molar-refractivity contribution is 7.15. The number of aryl methyl sites for hydroxylation is 1. The molecule has 19 heavy (non-hydrogen) atoms. The molecule has 0 fully saturated rings. The lowest BCUT2D eigenvalue weighted by molar-refractivity contribution is -0.118. The van der Waals surface area contributed by atoms with Crippen molar-refractivity contribution >= 4 is 28.1 Å². The molecule has 4 nitrogen and oxygen atoms in total. The van der Waals surface area contributed by atoms with Crippen molar-refractivity contribution in [1.29, 1.82) is 0 Å². The van der Waals surface area contributed by atoms with Gasteiger partial charge in [-0.1, -0.05) is 6.07 Å². The number of fused-ring (bicyclic) bond motifs is 1. The first-order valence-electron chi connectivity index (χ1n) is 6.14. The zero-order valence-electron chi connectivity index (χ0n) is 11.1. The van der Waals surface area contributed by atoms with Crippen LogP contribution in [0.25, 0.3) is 11.3 Å². The minimum atomic E-state index is -0.0868. The predicted octanol–water partition coefficient (Wildman–Crippen LogP) is 2.78. The number of amides is 1. The summed E-state index contributed by atoms with van der Waals surface area (Å²) in [6.07, 6.45) is 0. The van der Waals surface area contributed by atoms with Gasteiger partial charge in [0, 0.05) is 23.2 Å². The van der Waals surface area contributed by atoms with Crippen LogP contribution in [0.1, 0.15) is 23.3 Å². The maximum atomic E-state index is 12.0. The minimum absolute atomic E-state index is 0.0868. The van der Waals surface area contributed by atoms with E-state index < -0.39 is 0 Å². The molecule has 2 aromatic rings. The molecule has 0 bridgehead atoms. The summed E-state index contributed by atoms with van der Waals surface area (Å²) in [7, 11) is 1.82. The van der Waals surface area contributed by atoms with Crippen LogP contribution in [-0.2, 0) is 4.79 Å². The van der Waals surface area contributed by atoms with Crippen LogP contribution in [0.4, 0.5) is 10.8 Å². The van der Waals surface area contributed by atoms with Crippen molar-refractivity contribution in [2.75, 3.05) is 17.7 Å². The summed E-state index contributed by atoms with van der Waals surface area (Å²) in [5, 5.41) is 0.578. The molecule has 5 heteroatoms. The number of aromatic nitrogens is 1. The fraction of sp³-hybridized carbons (Fsp3) is 0.286. The molecule has 2 heterocycles. The van der Waals surface area contributed by atoms with Gasteiger partial charge in [0.25, 0.3) is 0 Å². The van der Waals surface area contributed by atoms with Gasteiger partial charge in [-0.05, 0) is 31.5 Å². The molecule has 1 aliphatic rings. The van der Waals surface area contributed by atoms with Crippen molar-refractivity contribution in [3.8, 4) is 11.3 Å². The van der Waals surface area contributed by atoms with E-state index in [4.69, 9.17) is 5.73 Å². The summed E-state index contributed by atoms with van der Waals surface area (Å²) in [6.45, 7) is 3.95. The van der Waals surface area contributed by atoms with Gasteiger partial charge >= 0.3 is 0 Å². The summed E-state index contributed by atoms with van der Waals surface area (Å²) in [5.74, 6) is 0.0536. The number of rotatable bonds is 1. The maximum absolute atomic E-state index is 12.0. The molecular formula is C14H15N3OS. The molecule has 1 amide bonds. The van der Waals surface area contributed by atoms with E-state index in [2.05, 4.69) is 11.1 Å². The van der Waals surface area contributed by atoms with E-state index in [9.17, 15) is 4.79 Å². The normalized spacial score (nSPS) is 17.9. The molecule has 0 spiro atoms. The quantitative estimate of drug-likeness (QED) is 0.869. The van der Waals surface area contributed by atoms with Crippen molar-refractivity contribution in [2.45, 2.75) is 19.8 Å². The summed E-state index contributed by atoms with van der Waals surface area (Å²) in [4.78, 5) is 19.2. The summed E-state index contributed by atoms with van der Waals surface area (Å²) < 4.78 is 0. The van der Waals surface area contributed by atoms with Crippen LogP contribution in [0.15, 0.2) is 18.2 Å². The molecule has 1 unspecified atom stereocenters. The smallest absolute Gasteiger partial charge is 0.234 e. The van der Waals surface area contributed by atoms with Gasteiger partial charge in [0.2, 0.25) is 5.91 Å². The summed E-state index contributed by atoms with van der Waals surface area (Å²) >= 11 is 1.49. The Morgan fingerprint density at radius 1 is 1.42 bits per heavy atom. The number of carbonyl (C=O) groups is 1. The zero-order valence-corrected chi connectivity index (χ0v) is 11.9. The molecule has 1 aromatic carbocycles. The maximum Gasteiger partial charge on any atom is 0.234 e. The van der Waals surface area contributed by atoms with Gasteiger partial charge in [0.1, 0.15) is 0 Å².